The molecule has 2 fully saturated rings. The predicted molar refractivity (Wildman–Crippen MR) is 71.6 cm³/mol. The van der Waals surface area contributed by atoms with E-state index in [1.54, 1.807) is 0 Å². The minimum atomic E-state index is -0.510. The van der Waals surface area contributed by atoms with Crippen LogP contribution in [0.25, 0.3) is 0 Å². The van der Waals surface area contributed by atoms with Crippen LogP contribution in [-0.4, -0.2) is 28.9 Å². The maximum absolute atomic E-state index is 13.8. The smallest absolute Gasteiger partial charge is 0.257 e. The number of halogens is 2. The lowest BCUT2D eigenvalue weighted by atomic mass is 9.97. The number of piperidine rings is 1. The molecule has 3 nitrogen and oxygen atoms in total. The molecule has 0 saturated carbocycles. The molecule has 1 amide bonds. The number of fused-ring (bicyclic) bond motifs is 2. The standard InChI is InChI=1S/C14H16ClFN2O/c15-8-1-4-13(16)12(5-8)14(19)18-10-2-3-11(18)7-9(17)6-10/h1,4-5,9-11H,2-3,6-7,17H2. The van der Waals surface area contributed by atoms with Gasteiger partial charge in [-0.15, -0.1) is 0 Å². The van der Waals surface area contributed by atoms with Crippen LogP contribution in [0.2, 0.25) is 5.02 Å². The first kappa shape index (κ1) is 12.9. The van der Waals surface area contributed by atoms with Gasteiger partial charge in [0.15, 0.2) is 0 Å². The van der Waals surface area contributed by atoms with E-state index >= 15 is 0 Å². The van der Waals surface area contributed by atoms with Gasteiger partial charge in [0, 0.05) is 23.1 Å². The van der Waals surface area contributed by atoms with E-state index < -0.39 is 5.82 Å². The van der Waals surface area contributed by atoms with Gasteiger partial charge in [-0.1, -0.05) is 11.6 Å². The molecule has 5 heteroatoms. The van der Waals surface area contributed by atoms with Crippen LogP contribution in [0.5, 0.6) is 0 Å². The Hall–Kier alpha value is -1.13. The van der Waals surface area contributed by atoms with Gasteiger partial charge in [0.25, 0.3) is 5.91 Å². The maximum atomic E-state index is 13.8. The molecule has 0 aromatic heterocycles. The van der Waals surface area contributed by atoms with Gasteiger partial charge in [0.1, 0.15) is 5.82 Å². The van der Waals surface area contributed by atoms with Crippen molar-refractivity contribution >= 4 is 17.5 Å². The maximum Gasteiger partial charge on any atom is 0.257 e. The van der Waals surface area contributed by atoms with Gasteiger partial charge < -0.3 is 10.6 Å². The van der Waals surface area contributed by atoms with Gasteiger partial charge in [0.05, 0.1) is 5.56 Å². The van der Waals surface area contributed by atoms with Gasteiger partial charge >= 0.3 is 0 Å². The van der Waals surface area contributed by atoms with Gasteiger partial charge in [0.2, 0.25) is 0 Å². The number of nitrogens with two attached hydrogens (primary N) is 1. The van der Waals surface area contributed by atoms with Crippen molar-refractivity contribution in [1.29, 1.82) is 0 Å². The van der Waals surface area contributed by atoms with Crippen LogP contribution in [0.3, 0.4) is 0 Å². The van der Waals surface area contributed by atoms with Crippen molar-refractivity contribution in [2.24, 2.45) is 5.73 Å². The van der Waals surface area contributed by atoms with E-state index in [2.05, 4.69) is 0 Å². The highest BCUT2D eigenvalue weighted by atomic mass is 35.5. The van der Waals surface area contributed by atoms with Crippen LogP contribution >= 0.6 is 11.6 Å². The summed E-state index contributed by atoms with van der Waals surface area (Å²) in [6.07, 6.45) is 3.55. The minimum absolute atomic E-state index is 0.0693. The lowest BCUT2D eigenvalue weighted by Crippen LogP contribution is -2.50. The van der Waals surface area contributed by atoms with Crippen molar-refractivity contribution in [2.75, 3.05) is 0 Å². The van der Waals surface area contributed by atoms with E-state index in [-0.39, 0.29) is 29.6 Å². The largest absolute Gasteiger partial charge is 0.332 e. The molecular formula is C14H16ClFN2O. The Balaban J connectivity index is 1.90. The van der Waals surface area contributed by atoms with Gasteiger partial charge in [-0.05, 0) is 43.9 Å². The molecule has 2 bridgehead atoms. The van der Waals surface area contributed by atoms with E-state index in [0.29, 0.717) is 5.02 Å². The summed E-state index contributed by atoms with van der Waals surface area (Å²) in [5, 5.41) is 0.380. The quantitative estimate of drug-likeness (QED) is 0.860. The Morgan fingerprint density at radius 1 is 1.32 bits per heavy atom. The zero-order valence-corrected chi connectivity index (χ0v) is 11.2. The van der Waals surface area contributed by atoms with Crippen molar-refractivity contribution < 1.29 is 9.18 Å². The van der Waals surface area contributed by atoms with Gasteiger partial charge in [-0.25, -0.2) is 4.39 Å². The molecule has 2 N–H and O–H groups in total. The van der Waals surface area contributed by atoms with E-state index in [0.717, 1.165) is 25.7 Å². The van der Waals surface area contributed by atoms with Crippen LogP contribution < -0.4 is 5.73 Å². The normalized spacial score (nSPS) is 29.6. The minimum Gasteiger partial charge on any atom is -0.332 e. The Morgan fingerprint density at radius 2 is 1.95 bits per heavy atom. The average molecular weight is 283 g/mol. The summed E-state index contributed by atoms with van der Waals surface area (Å²) in [5.74, 6) is -0.761. The van der Waals surface area contributed by atoms with E-state index in [4.69, 9.17) is 17.3 Å². The molecule has 0 radical (unpaired) electrons. The van der Waals surface area contributed by atoms with Crippen LogP contribution in [-0.2, 0) is 0 Å². The number of benzene rings is 1. The monoisotopic (exact) mass is 282 g/mol. The van der Waals surface area contributed by atoms with Gasteiger partial charge in [-0.2, -0.15) is 0 Å². The highest BCUT2D eigenvalue weighted by Gasteiger charge is 2.42. The summed E-state index contributed by atoms with van der Waals surface area (Å²) in [4.78, 5) is 14.3. The van der Waals surface area contributed by atoms with Gasteiger partial charge in [-0.3, -0.25) is 4.79 Å². The first-order chi connectivity index (χ1) is 9.06. The molecule has 2 aliphatic heterocycles. The first-order valence-electron chi connectivity index (χ1n) is 6.59. The van der Waals surface area contributed by atoms with Crippen molar-refractivity contribution in [2.45, 2.75) is 43.8 Å². The molecule has 102 valence electrons. The molecule has 2 unspecified atom stereocenters. The molecule has 0 aliphatic carbocycles. The topological polar surface area (TPSA) is 46.3 Å². The fraction of sp³-hybridized carbons (Fsp3) is 0.500. The highest BCUT2D eigenvalue weighted by molar-refractivity contribution is 6.31. The lowest BCUT2D eigenvalue weighted by Gasteiger charge is -2.37. The van der Waals surface area contributed by atoms with E-state index in [1.807, 2.05) is 4.90 Å². The second-order valence-electron chi connectivity index (χ2n) is 5.45. The number of carbonyl (C=O) groups is 1. The molecule has 2 saturated heterocycles. The number of carbonyl (C=O) groups excluding carboxylic acids is 1. The van der Waals surface area contributed by atoms with E-state index in [9.17, 15) is 9.18 Å². The summed E-state index contributed by atoms with van der Waals surface area (Å²) in [5.41, 5.74) is 6.05. The molecule has 1 aromatic rings. The Morgan fingerprint density at radius 3 is 2.58 bits per heavy atom. The number of amides is 1. The van der Waals surface area contributed by atoms with Crippen molar-refractivity contribution in [3.63, 3.8) is 0 Å². The molecular weight excluding hydrogens is 267 g/mol. The molecule has 2 atom stereocenters. The number of rotatable bonds is 1. The zero-order valence-electron chi connectivity index (χ0n) is 10.5. The molecule has 1 aromatic carbocycles. The zero-order chi connectivity index (χ0) is 13.6. The van der Waals surface area contributed by atoms with Crippen LogP contribution in [0, 0.1) is 5.82 Å². The van der Waals surface area contributed by atoms with Crippen molar-refractivity contribution in [1.82, 2.24) is 4.90 Å². The Kier molecular flexibility index (Phi) is 3.23. The number of nitrogens with zero attached hydrogens (tertiary/aromatic N) is 1. The lowest BCUT2D eigenvalue weighted by molar-refractivity contribution is 0.0570. The van der Waals surface area contributed by atoms with Crippen LogP contribution in [0.1, 0.15) is 36.0 Å². The van der Waals surface area contributed by atoms with Crippen molar-refractivity contribution in [3.8, 4) is 0 Å². The molecule has 2 aliphatic rings. The fourth-order valence-corrected chi connectivity index (χ4v) is 3.52. The molecule has 3 rings (SSSR count). The number of hydrogen-bond acceptors (Lipinski definition) is 2. The Labute approximate surface area is 116 Å². The molecule has 19 heavy (non-hydrogen) atoms. The second kappa shape index (κ2) is 4.76. The summed E-state index contributed by atoms with van der Waals surface area (Å²) < 4.78 is 13.8. The highest BCUT2D eigenvalue weighted by Crippen LogP contribution is 2.36. The SMILES string of the molecule is NC1CC2CCC(C1)N2C(=O)c1cc(Cl)ccc1F. The average Bonchev–Trinajstić information content (AvgIpc) is 2.64. The third-order valence-corrected chi connectivity index (χ3v) is 4.40. The Bertz CT molecular complexity index is 508. The summed E-state index contributed by atoms with van der Waals surface area (Å²) in [6, 6.07) is 4.57. The second-order valence-corrected chi connectivity index (χ2v) is 5.89. The third kappa shape index (κ3) is 2.23. The predicted octanol–water partition coefficient (Wildman–Crippen LogP) is 2.57. The summed E-state index contributed by atoms with van der Waals surface area (Å²) >= 11 is 5.85. The summed E-state index contributed by atoms with van der Waals surface area (Å²) in [7, 11) is 0. The fourth-order valence-electron chi connectivity index (χ4n) is 3.35. The van der Waals surface area contributed by atoms with E-state index in [1.165, 1.54) is 18.2 Å². The number of hydrogen-bond donors (Lipinski definition) is 1. The van der Waals surface area contributed by atoms with Crippen molar-refractivity contribution in [3.05, 3.63) is 34.6 Å². The summed E-state index contributed by atoms with van der Waals surface area (Å²) in [6.45, 7) is 0. The molecule has 0 spiro atoms. The molecule has 2 heterocycles. The van der Waals surface area contributed by atoms with Crippen LogP contribution in [0.4, 0.5) is 4.39 Å². The van der Waals surface area contributed by atoms with Crippen LogP contribution in [0.15, 0.2) is 18.2 Å². The third-order valence-electron chi connectivity index (χ3n) is 4.16. The first-order valence-corrected chi connectivity index (χ1v) is 6.97.